The van der Waals surface area contributed by atoms with Crippen molar-refractivity contribution in [1.29, 1.82) is 0 Å². The lowest BCUT2D eigenvalue weighted by atomic mass is 10.2. The van der Waals surface area contributed by atoms with Crippen LogP contribution in [0.15, 0.2) is 11.6 Å². The fourth-order valence-electron chi connectivity index (χ4n) is 1.90. The second-order valence-electron chi connectivity index (χ2n) is 4.16. The molecule has 0 saturated heterocycles. The van der Waals surface area contributed by atoms with Crippen molar-refractivity contribution in [1.82, 2.24) is 14.7 Å². The van der Waals surface area contributed by atoms with Crippen LogP contribution in [0.3, 0.4) is 0 Å². The quantitative estimate of drug-likeness (QED) is 0.742. The highest BCUT2D eigenvalue weighted by atomic mass is 32.1. The van der Waals surface area contributed by atoms with Crippen LogP contribution in [0.1, 0.15) is 30.7 Å². The highest BCUT2D eigenvalue weighted by Gasteiger charge is 2.08. The molecule has 0 aliphatic heterocycles. The average Bonchev–Trinajstić information content (AvgIpc) is 2.85. The number of aliphatic hydroxyl groups is 1. The van der Waals surface area contributed by atoms with Crippen molar-refractivity contribution < 1.29 is 5.11 Å². The van der Waals surface area contributed by atoms with Gasteiger partial charge in [0.05, 0.1) is 11.4 Å². The van der Waals surface area contributed by atoms with Crippen molar-refractivity contribution >= 4 is 16.3 Å². The van der Waals surface area contributed by atoms with Crippen LogP contribution in [0.5, 0.6) is 0 Å². The molecule has 0 aromatic carbocycles. The highest BCUT2D eigenvalue weighted by molar-refractivity contribution is 7.15. The number of aromatic nitrogens is 2. The molecule has 0 radical (unpaired) electrons. The molecule has 0 saturated carbocycles. The van der Waals surface area contributed by atoms with Gasteiger partial charge in [0, 0.05) is 24.7 Å². The number of hydrogen-bond donors (Lipinski definition) is 2. The Morgan fingerprint density at radius 3 is 3.12 bits per heavy atom. The summed E-state index contributed by atoms with van der Waals surface area (Å²) in [6.07, 6.45) is 5.18. The highest BCUT2D eigenvalue weighted by Crippen LogP contribution is 2.16. The number of rotatable bonds is 7. The molecule has 17 heavy (non-hydrogen) atoms. The maximum atomic E-state index is 8.67. The van der Waals surface area contributed by atoms with Gasteiger partial charge in [-0.3, -0.25) is 4.40 Å². The van der Waals surface area contributed by atoms with Gasteiger partial charge in [-0.2, -0.15) is 0 Å². The third kappa shape index (κ3) is 3.06. The number of aryl methyl sites for hydroxylation is 1. The van der Waals surface area contributed by atoms with E-state index in [1.54, 1.807) is 11.3 Å². The monoisotopic (exact) mass is 253 g/mol. The van der Waals surface area contributed by atoms with E-state index in [4.69, 9.17) is 5.11 Å². The summed E-state index contributed by atoms with van der Waals surface area (Å²) in [4.78, 5) is 5.58. The first-order chi connectivity index (χ1) is 8.33. The van der Waals surface area contributed by atoms with Crippen LogP contribution in [0.2, 0.25) is 0 Å². The zero-order valence-electron chi connectivity index (χ0n) is 10.1. The molecule has 2 heterocycles. The molecule has 2 aromatic rings. The molecule has 0 fully saturated rings. The van der Waals surface area contributed by atoms with Crippen molar-refractivity contribution in [2.24, 2.45) is 0 Å². The third-order valence-electron chi connectivity index (χ3n) is 2.87. The van der Waals surface area contributed by atoms with Gasteiger partial charge in [0.15, 0.2) is 4.96 Å². The Kier molecular flexibility index (Phi) is 4.53. The maximum absolute atomic E-state index is 8.67. The van der Waals surface area contributed by atoms with E-state index >= 15 is 0 Å². The van der Waals surface area contributed by atoms with Crippen LogP contribution >= 0.6 is 11.3 Å². The van der Waals surface area contributed by atoms with E-state index in [0.717, 1.165) is 43.0 Å². The van der Waals surface area contributed by atoms with Crippen LogP contribution in [-0.4, -0.2) is 27.6 Å². The molecule has 5 heteroatoms. The Hall–Kier alpha value is -0.910. The molecule has 0 spiro atoms. The number of nitrogens with one attached hydrogen (secondary N) is 1. The van der Waals surface area contributed by atoms with Gasteiger partial charge in [-0.25, -0.2) is 4.98 Å². The molecule has 0 aliphatic carbocycles. The standard InChI is InChI=1S/C12H19N3OS/c1-10-11(9-13-5-3-2-4-7-16)15-6-8-17-12(15)14-10/h6,8,13,16H,2-5,7,9H2,1H3. The Balaban J connectivity index is 1.82. The van der Waals surface area contributed by atoms with E-state index in [-0.39, 0.29) is 0 Å². The molecule has 2 N–H and O–H groups in total. The van der Waals surface area contributed by atoms with Gasteiger partial charge in [0.25, 0.3) is 0 Å². The lowest BCUT2D eigenvalue weighted by Crippen LogP contribution is -2.16. The zero-order chi connectivity index (χ0) is 12.1. The van der Waals surface area contributed by atoms with Crippen molar-refractivity contribution in [3.8, 4) is 0 Å². The summed E-state index contributed by atoms with van der Waals surface area (Å²) in [5.74, 6) is 0. The molecule has 0 amide bonds. The number of imidazole rings is 1. The van der Waals surface area contributed by atoms with Crippen molar-refractivity contribution in [2.75, 3.05) is 13.2 Å². The van der Waals surface area contributed by atoms with Crippen molar-refractivity contribution in [2.45, 2.75) is 32.7 Å². The number of fused-ring (bicyclic) bond motifs is 1. The molecule has 0 aliphatic rings. The molecule has 0 bridgehead atoms. The molecule has 2 aromatic heterocycles. The van der Waals surface area contributed by atoms with Crippen molar-refractivity contribution in [3.05, 3.63) is 23.0 Å². The van der Waals surface area contributed by atoms with Crippen LogP contribution in [0.25, 0.3) is 4.96 Å². The smallest absolute Gasteiger partial charge is 0.194 e. The number of unbranched alkanes of at least 4 members (excludes halogenated alkanes) is 2. The van der Waals surface area contributed by atoms with E-state index in [0.29, 0.717) is 6.61 Å². The molecule has 94 valence electrons. The molecular weight excluding hydrogens is 234 g/mol. The van der Waals surface area contributed by atoms with E-state index in [9.17, 15) is 0 Å². The summed E-state index contributed by atoms with van der Waals surface area (Å²) in [6.45, 7) is 4.22. The summed E-state index contributed by atoms with van der Waals surface area (Å²) in [7, 11) is 0. The fraction of sp³-hybridized carbons (Fsp3) is 0.583. The lowest BCUT2D eigenvalue weighted by molar-refractivity contribution is 0.283. The third-order valence-corrected chi connectivity index (χ3v) is 3.62. The number of thiazole rings is 1. The first kappa shape index (κ1) is 12.5. The van der Waals surface area contributed by atoms with Gasteiger partial charge in [0.1, 0.15) is 0 Å². The molecular formula is C12H19N3OS. The van der Waals surface area contributed by atoms with Gasteiger partial charge in [-0.15, -0.1) is 11.3 Å². The second-order valence-corrected chi connectivity index (χ2v) is 5.03. The Labute approximate surface area is 105 Å². The minimum absolute atomic E-state index is 0.303. The number of nitrogens with zero attached hydrogens (tertiary/aromatic N) is 2. The topological polar surface area (TPSA) is 49.6 Å². The van der Waals surface area contributed by atoms with Gasteiger partial charge in [-0.05, 0) is 32.7 Å². The van der Waals surface area contributed by atoms with E-state index < -0.39 is 0 Å². The first-order valence-electron chi connectivity index (χ1n) is 6.05. The fourth-order valence-corrected chi connectivity index (χ4v) is 2.68. The summed E-state index contributed by atoms with van der Waals surface area (Å²) in [5, 5.41) is 14.2. The molecule has 0 unspecified atom stereocenters. The Bertz CT molecular complexity index is 463. The first-order valence-corrected chi connectivity index (χ1v) is 6.93. The van der Waals surface area contributed by atoms with Crippen LogP contribution in [0, 0.1) is 6.92 Å². The van der Waals surface area contributed by atoms with E-state index in [1.807, 2.05) is 0 Å². The average molecular weight is 253 g/mol. The minimum atomic E-state index is 0.303. The van der Waals surface area contributed by atoms with Gasteiger partial charge >= 0.3 is 0 Å². The Morgan fingerprint density at radius 2 is 2.29 bits per heavy atom. The van der Waals surface area contributed by atoms with Gasteiger partial charge in [0.2, 0.25) is 0 Å². The SMILES string of the molecule is Cc1nc2sccn2c1CNCCCCCO. The summed E-state index contributed by atoms with van der Waals surface area (Å²) in [5.41, 5.74) is 2.36. The molecule has 4 nitrogen and oxygen atoms in total. The predicted molar refractivity (Wildman–Crippen MR) is 70.4 cm³/mol. The minimum Gasteiger partial charge on any atom is -0.396 e. The number of aliphatic hydroxyl groups excluding tert-OH is 1. The van der Waals surface area contributed by atoms with Gasteiger partial charge in [-0.1, -0.05) is 0 Å². The van der Waals surface area contributed by atoms with Gasteiger partial charge < -0.3 is 10.4 Å². The normalized spacial score (nSPS) is 11.4. The second kappa shape index (κ2) is 6.14. The van der Waals surface area contributed by atoms with E-state index in [2.05, 4.69) is 33.2 Å². The van der Waals surface area contributed by atoms with Crippen LogP contribution in [0.4, 0.5) is 0 Å². The maximum Gasteiger partial charge on any atom is 0.194 e. The van der Waals surface area contributed by atoms with Crippen LogP contribution < -0.4 is 5.32 Å². The summed E-state index contributed by atoms with van der Waals surface area (Å²) in [6, 6.07) is 0. The number of hydrogen-bond acceptors (Lipinski definition) is 4. The zero-order valence-corrected chi connectivity index (χ0v) is 11.0. The summed E-state index contributed by atoms with van der Waals surface area (Å²) >= 11 is 1.67. The molecule has 2 rings (SSSR count). The van der Waals surface area contributed by atoms with Crippen molar-refractivity contribution in [3.63, 3.8) is 0 Å². The molecule has 0 atom stereocenters. The largest absolute Gasteiger partial charge is 0.396 e. The lowest BCUT2D eigenvalue weighted by Gasteiger charge is -2.04. The van der Waals surface area contributed by atoms with E-state index in [1.165, 1.54) is 5.69 Å². The van der Waals surface area contributed by atoms with Crippen LogP contribution in [-0.2, 0) is 6.54 Å². The summed E-state index contributed by atoms with van der Waals surface area (Å²) < 4.78 is 2.15. The Morgan fingerprint density at radius 1 is 1.41 bits per heavy atom. The predicted octanol–water partition coefficient (Wildman–Crippen LogP) is 1.96.